The number of fused-ring (bicyclic) bond motifs is 1. The Labute approximate surface area is 152 Å². The molecule has 1 amide bonds. The second-order valence-electron chi connectivity index (χ2n) is 6.60. The molecule has 4 rings (SSSR count). The van der Waals surface area contributed by atoms with Gasteiger partial charge in [-0.25, -0.2) is 4.68 Å². The largest absolute Gasteiger partial charge is 0.493 e. The van der Waals surface area contributed by atoms with Gasteiger partial charge in [0, 0.05) is 12.0 Å². The lowest BCUT2D eigenvalue weighted by molar-refractivity contribution is 0.0924. The molecular weight excluding hydrogens is 326 g/mol. The van der Waals surface area contributed by atoms with E-state index >= 15 is 0 Å². The highest BCUT2D eigenvalue weighted by Crippen LogP contribution is 2.33. The van der Waals surface area contributed by atoms with E-state index in [4.69, 9.17) is 4.74 Å². The van der Waals surface area contributed by atoms with Gasteiger partial charge in [-0.2, -0.15) is 5.10 Å². The van der Waals surface area contributed by atoms with Gasteiger partial charge in [-0.1, -0.05) is 35.9 Å². The summed E-state index contributed by atoms with van der Waals surface area (Å²) in [6, 6.07) is 15.8. The lowest BCUT2D eigenvalue weighted by atomic mass is 9.98. The Morgan fingerprint density at radius 3 is 2.81 bits per heavy atom. The molecule has 5 heteroatoms. The van der Waals surface area contributed by atoms with Crippen LogP contribution in [0.5, 0.6) is 5.75 Å². The molecule has 0 bridgehead atoms. The topological polar surface area (TPSA) is 56.2 Å². The van der Waals surface area contributed by atoms with Gasteiger partial charge in [0.2, 0.25) is 0 Å². The maximum Gasteiger partial charge on any atom is 0.255 e. The van der Waals surface area contributed by atoms with E-state index in [1.54, 1.807) is 10.9 Å². The smallest absolute Gasteiger partial charge is 0.255 e. The number of para-hydroxylation sites is 1. The first kappa shape index (κ1) is 16.4. The Morgan fingerprint density at radius 2 is 2.00 bits per heavy atom. The van der Waals surface area contributed by atoms with Gasteiger partial charge in [-0.15, -0.1) is 0 Å². The number of hydrogen-bond acceptors (Lipinski definition) is 3. The van der Waals surface area contributed by atoms with Crippen LogP contribution in [0.3, 0.4) is 0 Å². The maximum atomic E-state index is 12.9. The Hall–Kier alpha value is -3.08. The Bertz CT molecular complexity index is 947. The van der Waals surface area contributed by atoms with Crippen LogP contribution in [0, 0.1) is 13.8 Å². The van der Waals surface area contributed by atoms with E-state index in [0.29, 0.717) is 12.2 Å². The van der Waals surface area contributed by atoms with Crippen LogP contribution in [-0.2, 0) is 0 Å². The van der Waals surface area contributed by atoms with Crippen LogP contribution in [0.4, 0.5) is 0 Å². The summed E-state index contributed by atoms with van der Waals surface area (Å²) in [6.45, 7) is 4.56. The number of hydrogen-bond donors (Lipinski definition) is 1. The van der Waals surface area contributed by atoms with Crippen molar-refractivity contribution in [2.45, 2.75) is 26.3 Å². The van der Waals surface area contributed by atoms with Gasteiger partial charge in [0.1, 0.15) is 5.75 Å². The predicted octanol–water partition coefficient (Wildman–Crippen LogP) is 3.74. The molecule has 0 spiro atoms. The molecule has 1 aliphatic rings. The molecular formula is C21H21N3O2. The first-order valence-corrected chi connectivity index (χ1v) is 8.78. The number of ether oxygens (including phenoxy) is 1. The van der Waals surface area contributed by atoms with E-state index < -0.39 is 0 Å². The SMILES string of the molecule is Cc1ccc2c(c1)C(NC(=O)c1cnn(-c3ccccc3)c1C)CCO2. The fraction of sp³-hybridized carbons (Fsp3) is 0.238. The number of nitrogens with zero attached hydrogens (tertiary/aromatic N) is 2. The first-order valence-electron chi connectivity index (χ1n) is 8.78. The van der Waals surface area contributed by atoms with Gasteiger partial charge in [0.15, 0.2) is 0 Å². The molecule has 1 unspecified atom stereocenters. The zero-order valence-corrected chi connectivity index (χ0v) is 14.9. The first-order chi connectivity index (χ1) is 12.6. The van der Waals surface area contributed by atoms with Crippen molar-refractivity contribution in [1.29, 1.82) is 0 Å². The van der Waals surface area contributed by atoms with Gasteiger partial charge in [0.25, 0.3) is 5.91 Å². The summed E-state index contributed by atoms with van der Waals surface area (Å²) in [7, 11) is 0. The Balaban J connectivity index is 1.59. The standard InChI is InChI=1S/C21H21N3O2/c1-14-8-9-20-17(12-14)19(10-11-26-20)23-21(25)18-13-22-24(15(18)2)16-6-4-3-5-7-16/h3-9,12-13,19H,10-11H2,1-2H3,(H,23,25). The summed E-state index contributed by atoms with van der Waals surface area (Å²) < 4.78 is 7.50. The van der Waals surface area contributed by atoms with Crippen LogP contribution in [0.25, 0.3) is 5.69 Å². The lowest BCUT2D eigenvalue weighted by Gasteiger charge is -2.27. The zero-order chi connectivity index (χ0) is 18.1. The molecule has 26 heavy (non-hydrogen) atoms. The van der Waals surface area contributed by atoms with Gasteiger partial charge >= 0.3 is 0 Å². The van der Waals surface area contributed by atoms with Gasteiger partial charge in [-0.3, -0.25) is 4.79 Å². The van der Waals surface area contributed by atoms with Crippen molar-refractivity contribution < 1.29 is 9.53 Å². The van der Waals surface area contributed by atoms with Crippen molar-refractivity contribution in [2.75, 3.05) is 6.61 Å². The van der Waals surface area contributed by atoms with E-state index in [-0.39, 0.29) is 11.9 Å². The number of benzene rings is 2. The summed E-state index contributed by atoms with van der Waals surface area (Å²) >= 11 is 0. The minimum Gasteiger partial charge on any atom is -0.493 e. The Kier molecular flexibility index (Phi) is 4.21. The number of nitrogens with one attached hydrogen (secondary N) is 1. The quantitative estimate of drug-likeness (QED) is 0.785. The van der Waals surface area contributed by atoms with Gasteiger partial charge < -0.3 is 10.1 Å². The Morgan fingerprint density at radius 1 is 1.19 bits per heavy atom. The average molecular weight is 347 g/mol. The third-order valence-corrected chi connectivity index (χ3v) is 4.77. The van der Waals surface area contributed by atoms with Crippen molar-refractivity contribution in [3.63, 3.8) is 0 Å². The second kappa shape index (κ2) is 6.67. The summed E-state index contributed by atoms with van der Waals surface area (Å²) in [4.78, 5) is 12.9. The number of aromatic nitrogens is 2. The van der Waals surface area contributed by atoms with E-state index in [1.165, 1.54) is 0 Å². The molecule has 1 aromatic heterocycles. The molecule has 1 atom stereocenters. The van der Waals surface area contributed by atoms with Crippen LogP contribution in [0.1, 0.15) is 39.6 Å². The number of carbonyl (C=O) groups is 1. The van der Waals surface area contributed by atoms with E-state index in [0.717, 1.165) is 34.7 Å². The molecule has 0 radical (unpaired) electrons. The molecule has 0 saturated carbocycles. The van der Waals surface area contributed by atoms with Crippen LogP contribution in [0.15, 0.2) is 54.7 Å². The summed E-state index contributed by atoms with van der Waals surface area (Å²) in [6.07, 6.45) is 2.39. The number of carbonyl (C=O) groups excluding carboxylic acids is 1. The predicted molar refractivity (Wildman–Crippen MR) is 99.8 cm³/mol. The molecule has 1 N–H and O–H groups in total. The highest BCUT2D eigenvalue weighted by atomic mass is 16.5. The third kappa shape index (κ3) is 2.96. The highest BCUT2D eigenvalue weighted by Gasteiger charge is 2.25. The summed E-state index contributed by atoms with van der Waals surface area (Å²) in [5.41, 5.74) is 4.55. The van der Waals surface area contributed by atoms with Gasteiger partial charge in [0.05, 0.1) is 35.8 Å². The van der Waals surface area contributed by atoms with Crippen molar-refractivity contribution in [1.82, 2.24) is 15.1 Å². The van der Waals surface area contributed by atoms with E-state index in [9.17, 15) is 4.79 Å². The maximum absolute atomic E-state index is 12.9. The van der Waals surface area contributed by atoms with Crippen molar-refractivity contribution >= 4 is 5.91 Å². The molecule has 0 aliphatic carbocycles. The molecule has 2 heterocycles. The summed E-state index contributed by atoms with van der Waals surface area (Å²) in [5.74, 6) is 0.743. The fourth-order valence-corrected chi connectivity index (χ4v) is 3.36. The molecule has 1 aliphatic heterocycles. The molecule has 132 valence electrons. The average Bonchev–Trinajstić information content (AvgIpc) is 3.04. The van der Waals surface area contributed by atoms with Crippen LogP contribution in [0.2, 0.25) is 0 Å². The monoisotopic (exact) mass is 347 g/mol. The van der Waals surface area contributed by atoms with E-state index in [2.05, 4.69) is 16.5 Å². The molecule has 5 nitrogen and oxygen atoms in total. The van der Waals surface area contributed by atoms with Crippen molar-refractivity contribution in [3.8, 4) is 11.4 Å². The minimum atomic E-state index is -0.107. The molecule has 0 fully saturated rings. The number of rotatable bonds is 3. The second-order valence-corrected chi connectivity index (χ2v) is 6.60. The summed E-state index contributed by atoms with van der Waals surface area (Å²) in [5, 5.41) is 7.54. The zero-order valence-electron chi connectivity index (χ0n) is 14.9. The minimum absolute atomic E-state index is 0.0503. The molecule has 3 aromatic rings. The number of amides is 1. The van der Waals surface area contributed by atoms with Crippen molar-refractivity contribution in [3.05, 3.63) is 77.1 Å². The number of aryl methyl sites for hydroxylation is 1. The van der Waals surface area contributed by atoms with Gasteiger partial charge in [-0.05, 0) is 32.0 Å². The van der Waals surface area contributed by atoms with Crippen LogP contribution in [-0.4, -0.2) is 22.3 Å². The third-order valence-electron chi connectivity index (χ3n) is 4.77. The molecule has 2 aromatic carbocycles. The molecule has 0 saturated heterocycles. The lowest BCUT2D eigenvalue weighted by Crippen LogP contribution is -2.32. The van der Waals surface area contributed by atoms with Crippen LogP contribution < -0.4 is 10.1 Å². The van der Waals surface area contributed by atoms with Crippen molar-refractivity contribution in [2.24, 2.45) is 0 Å². The van der Waals surface area contributed by atoms with Crippen LogP contribution >= 0.6 is 0 Å². The normalized spacial score (nSPS) is 15.8. The highest BCUT2D eigenvalue weighted by molar-refractivity contribution is 5.95. The fourth-order valence-electron chi connectivity index (χ4n) is 3.36. The van der Waals surface area contributed by atoms with E-state index in [1.807, 2.05) is 56.3 Å².